The van der Waals surface area contributed by atoms with Gasteiger partial charge in [0.15, 0.2) is 0 Å². The average Bonchev–Trinajstić information content (AvgIpc) is 2.29. The van der Waals surface area contributed by atoms with Crippen molar-refractivity contribution in [2.24, 2.45) is 5.73 Å². The fraction of sp³-hybridized carbons (Fsp3) is 0.364. The Morgan fingerprint density at radius 1 is 1.50 bits per heavy atom. The predicted octanol–water partition coefficient (Wildman–Crippen LogP) is 1.82. The lowest BCUT2D eigenvalue weighted by molar-refractivity contribution is 0.252. The van der Waals surface area contributed by atoms with Crippen LogP contribution in [0.4, 0.5) is 14.9 Å². The lowest BCUT2D eigenvalue weighted by Crippen LogP contribution is -2.29. The van der Waals surface area contributed by atoms with Crippen LogP contribution in [0.2, 0.25) is 0 Å². The van der Waals surface area contributed by atoms with Gasteiger partial charge in [-0.05, 0) is 24.1 Å². The van der Waals surface area contributed by atoms with Gasteiger partial charge in [0.05, 0.1) is 5.69 Å². The number of rotatable bonds is 4. The number of nitrogens with one attached hydrogen (secondary N) is 2. The molecule has 0 spiro atoms. The molecule has 1 aromatic rings. The van der Waals surface area contributed by atoms with Gasteiger partial charge in [0.25, 0.3) is 0 Å². The van der Waals surface area contributed by atoms with Crippen molar-refractivity contribution in [3.63, 3.8) is 0 Å². The summed E-state index contributed by atoms with van der Waals surface area (Å²) in [4.78, 5) is 11.3. The molecule has 0 aromatic heterocycles. The van der Waals surface area contributed by atoms with E-state index in [1.807, 2.05) is 6.92 Å². The Bertz CT molecular complexity index is 368. The molecule has 0 bridgehead atoms. The molecule has 0 atom stereocenters. The minimum atomic E-state index is -0.477. The zero-order chi connectivity index (χ0) is 12.0. The Morgan fingerprint density at radius 2 is 2.25 bits per heavy atom. The van der Waals surface area contributed by atoms with Crippen molar-refractivity contribution >= 4 is 11.7 Å². The summed E-state index contributed by atoms with van der Waals surface area (Å²) in [6, 6.07) is 4.10. The highest BCUT2D eigenvalue weighted by Gasteiger charge is 2.06. The molecular formula is C11H16FN3O. The van der Waals surface area contributed by atoms with Gasteiger partial charge in [-0.15, -0.1) is 0 Å². The number of urea groups is 1. The molecule has 0 heterocycles. The third-order valence-electron chi connectivity index (χ3n) is 2.05. The summed E-state index contributed by atoms with van der Waals surface area (Å²) >= 11 is 0. The van der Waals surface area contributed by atoms with Crippen molar-refractivity contribution < 1.29 is 9.18 Å². The van der Waals surface area contributed by atoms with E-state index in [1.54, 1.807) is 6.07 Å². The van der Waals surface area contributed by atoms with Gasteiger partial charge in [-0.3, -0.25) is 0 Å². The summed E-state index contributed by atoms with van der Waals surface area (Å²) in [6.07, 6.45) is 0.835. The van der Waals surface area contributed by atoms with Crippen LogP contribution in [0.1, 0.15) is 18.9 Å². The van der Waals surface area contributed by atoms with E-state index in [9.17, 15) is 9.18 Å². The van der Waals surface area contributed by atoms with Crippen LogP contribution in [0.5, 0.6) is 0 Å². The molecule has 0 saturated carbocycles. The summed E-state index contributed by atoms with van der Waals surface area (Å²) < 4.78 is 13.4. The highest BCUT2D eigenvalue weighted by Crippen LogP contribution is 2.15. The second-order valence-corrected chi connectivity index (χ2v) is 3.40. The van der Waals surface area contributed by atoms with E-state index in [4.69, 9.17) is 5.73 Å². The first-order valence-electron chi connectivity index (χ1n) is 5.20. The average molecular weight is 225 g/mol. The molecule has 4 N–H and O–H groups in total. The van der Waals surface area contributed by atoms with Crippen molar-refractivity contribution in [2.75, 3.05) is 11.9 Å². The van der Waals surface area contributed by atoms with Gasteiger partial charge >= 0.3 is 6.03 Å². The van der Waals surface area contributed by atoms with E-state index < -0.39 is 11.8 Å². The van der Waals surface area contributed by atoms with Crippen molar-refractivity contribution in [3.8, 4) is 0 Å². The zero-order valence-electron chi connectivity index (χ0n) is 9.22. The van der Waals surface area contributed by atoms with Crippen molar-refractivity contribution in [1.29, 1.82) is 0 Å². The van der Waals surface area contributed by atoms with E-state index in [0.717, 1.165) is 6.42 Å². The maximum absolute atomic E-state index is 13.4. The molecule has 88 valence electrons. The summed E-state index contributed by atoms with van der Waals surface area (Å²) in [5, 5.41) is 5.03. The summed E-state index contributed by atoms with van der Waals surface area (Å²) in [6.45, 7) is 2.78. The fourth-order valence-electron chi connectivity index (χ4n) is 1.19. The molecule has 5 heteroatoms. The second-order valence-electron chi connectivity index (χ2n) is 3.40. The molecule has 0 unspecified atom stereocenters. The molecular weight excluding hydrogens is 209 g/mol. The van der Waals surface area contributed by atoms with Gasteiger partial charge in [-0.1, -0.05) is 13.0 Å². The quantitative estimate of drug-likeness (QED) is 0.731. The van der Waals surface area contributed by atoms with Crippen molar-refractivity contribution in [1.82, 2.24) is 5.32 Å². The fourth-order valence-corrected chi connectivity index (χ4v) is 1.19. The number of hydrogen-bond acceptors (Lipinski definition) is 2. The second kappa shape index (κ2) is 6.07. The maximum Gasteiger partial charge on any atom is 0.319 e. The number of anilines is 1. The Labute approximate surface area is 94.0 Å². The SMILES string of the molecule is CCCNC(=O)Nc1ccc(CN)cc1F. The number of nitrogens with two attached hydrogens (primary N) is 1. The van der Waals surface area contributed by atoms with Crippen LogP contribution in [0.15, 0.2) is 18.2 Å². The van der Waals surface area contributed by atoms with Gasteiger partial charge in [0.1, 0.15) is 5.82 Å². The molecule has 1 rings (SSSR count). The minimum absolute atomic E-state index is 0.158. The predicted molar refractivity (Wildman–Crippen MR) is 61.6 cm³/mol. The first-order chi connectivity index (χ1) is 7.67. The van der Waals surface area contributed by atoms with Crippen LogP contribution in [0, 0.1) is 5.82 Å². The topological polar surface area (TPSA) is 67.2 Å². The summed E-state index contributed by atoms with van der Waals surface area (Å²) in [7, 11) is 0. The number of hydrogen-bond donors (Lipinski definition) is 3. The molecule has 1 aromatic carbocycles. The first-order valence-corrected chi connectivity index (χ1v) is 5.20. The number of carbonyl (C=O) groups excluding carboxylic acids is 1. The number of carbonyl (C=O) groups is 1. The Kier molecular flexibility index (Phi) is 4.72. The third kappa shape index (κ3) is 3.51. The molecule has 0 aliphatic rings. The van der Waals surface area contributed by atoms with Crippen molar-refractivity contribution in [3.05, 3.63) is 29.6 Å². The van der Waals surface area contributed by atoms with E-state index >= 15 is 0 Å². The van der Waals surface area contributed by atoms with Gasteiger partial charge < -0.3 is 16.4 Å². The molecule has 16 heavy (non-hydrogen) atoms. The van der Waals surface area contributed by atoms with Crippen LogP contribution in [-0.4, -0.2) is 12.6 Å². The van der Waals surface area contributed by atoms with E-state index in [2.05, 4.69) is 10.6 Å². The number of benzene rings is 1. The van der Waals surface area contributed by atoms with Gasteiger partial charge in [0, 0.05) is 13.1 Å². The maximum atomic E-state index is 13.4. The van der Waals surface area contributed by atoms with E-state index in [1.165, 1.54) is 12.1 Å². The zero-order valence-corrected chi connectivity index (χ0v) is 9.22. The smallest absolute Gasteiger partial charge is 0.319 e. The largest absolute Gasteiger partial charge is 0.338 e. The molecule has 0 saturated heterocycles. The van der Waals surface area contributed by atoms with Gasteiger partial charge in [-0.2, -0.15) is 0 Å². The molecule has 0 aliphatic heterocycles. The van der Waals surface area contributed by atoms with Crippen LogP contribution in [0.25, 0.3) is 0 Å². The highest BCUT2D eigenvalue weighted by molar-refractivity contribution is 5.89. The molecule has 0 fully saturated rings. The van der Waals surface area contributed by atoms with Gasteiger partial charge in [0.2, 0.25) is 0 Å². The van der Waals surface area contributed by atoms with Crippen LogP contribution in [-0.2, 0) is 6.54 Å². The molecule has 0 aliphatic carbocycles. The molecule has 0 radical (unpaired) electrons. The van der Waals surface area contributed by atoms with Gasteiger partial charge in [-0.25, -0.2) is 9.18 Å². The van der Waals surface area contributed by atoms with Crippen molar-refractivity contribution in [2.45, 2.75) is 19.9 Å². The number of halogens is 1. The minimum Gasteiger partial charge on any atom is -0.338 e. The number of amides is 2. The van der Waals surface area contributed by atoms with Crippen LogP contribution in [0.3, 0.4) is 0 Å². The normalized spacial score (nSPS) is 9.94. The van der Waals surface area contributed by atoms with E-state index in [-0.39, 0.29) is 12.2 Å². The Morgan fingerprint density at radius 3 is 2.81 bits per heavy atom. The van der Waals surface area contributed by atoms with E-state index in [0.29, 0.717) is 12.1 Å². The Hall–Kier alpha value is -1.62. The molecule has 2 amide bonds. The van der Waals surface area contributed by atoms with Crippen LogP contribution >= 0.6 is 0 Å². The summed E-state index contributed by atoms with van der Waals surface area (Å²) in [5.41, 5.74) is 6.22. The lowest BCUT2D eigenvalue weighted by atomic mass is 10.2. The monoisotopic (exact) mass is 225 g/mol. The van der Waals surface area contributed by atoms with Crippen LogP contribution < -0.4 is 16.4 Å². The summed E-state index contributed by atoms with van der Waals surface area (Å²) in [5.74, 6) is -0.477. The lowest BCUT2D eigenvalue weighted by Gasteiger charge is -2.08. The highest BCUT2D eigenvalue weighted by atomic mass is 19.1. The standard InChI is InChI=1S/C11H16FN3O/c1-2-5-14-11(16)15-10-4-3-8(7-13)6-9(10)12/h3-4,6H,2,5,7,13H2,1H3,(H2,14,15,16). The third-order valence-corrected chi connectivity index (χ3v) is 2.05. The first kappa shape index (κ1) is 12.4. The molecule has 4 nitrogen and oxygen atoms in total. The Balaban J connectivity index is 2.63.